The summed E-state index contributed by atoms with van der Waals surface area (Å²) in [5, 5.41) is 0. The maximum absolute atomic E-state index is 5.70. The molecule has 0 aliphatic rings. The largest absolute Gasteiger partial charge is 0.378 e. The molecule has 1 aromatic carbocycles. The van der Waals surface area contributed by atoms with Gasteiger partial charge in [-0.25, -0.2) is 0 Å². The Morgan fingerprint density at radius 2 is 1.80 bits per heavy atom. The predicted octanol–water partition coefficient (Wildman–Crippen LogP) is 4.60. The van der Waals surface area contributed by atoms with E-state index in [0.29, 0.717) is 5.92 Å². The average molecular weight is 273 g/mol. The second-order valence-electron chi connectivity index (χ2n) is 5.41. The molecule has 1 rings (SSSR count). The van der Waals surface area contributed by atoms with Crippen LogP contribution in [-0.2, 0) is 4.74 Å². The van der Waals surface area contributed by atoms with Gasteiger partial charge in [0.15, 0.2) is 0 Å². The number of hydrogen-bond donors (Lipinski definition) is 0. The van der Waals surface area contributed by atoms with E-state index in [1.54, 1.807) is 7.11 Å². The van der Waals surface area contributed by atoms with Gasteiger partial charge in [-0.2, -0.15) is 0 Å². The quantitative estimate of drug-likeness (QED) is 0.702. The fourth-order valence-corrected chi connectivity index (χ4v) is 2.44. The fourth-order valence-electron chi connectivity index (χ4n) is 2.44. The molecule has 110 valence electrons. The van der Waals surface area contributed by atoms with Crippen molar-refractivity contribution in [2.24, 2.45) is 5.92 Å². The minimum atomic E-state index is 0.0893. The van der Waals surface area contributed by atoms with Crippen LogP contribution in [0.4, 0.5) is 5.69 Å². The van der Waals surface area contributed by atoms with Crippen molar-refractivity contribution < 1.29 is 4.74 Å². The van der Waals surface area contributed by atoms with Gasteiger partial charge in [-0.15, -0.1) is 0 Å². The zero-order chi connectivity index (χ0) is 15.1. The smallest absolute Gasteiger partial charge is 0.0881 e. The van der Waals surface area contributed by atoms with Crippen LogP contribution in [0.2, 0.25) is 0 Å². The number of ether oxygens (including phenoxy) is 1. The first kappa shape index (κ1) is 16.5. The summed E-state index contributed by atoms with van der Waals surface area (Å²) < 4.78 is 5.70. The number of nitrogens with zero attached hydrogens (tertiary/aromatic N) is 1. The van der Waals surface area contributed by atoms with Crippen molar-refractivity contribution in [2.75, 3.05) is 26.1 Å². The third-order valence-corrected chi connectivity index (χ3v) is 3.42. The second-order valence-corrected chi connectivity index (χ2v) is 5.41. The number of allylic oxidation sites excluding steroid dienone is 3. The summed E-state index contributed by atoms with van der Waals surface area (Å²) in [6.45, 7) is 6.36. The Labute approximate surface area is 123 Å². The monoisotopic (exact) mass is 273 g/mol. The highest BCUT2D eigenvalue weighted by Gasteiger charge is 2.17. The first-order chi connectivity index (χ1) is 9.49. The molecular weight excluding hydrogens is 246 g/mol. The van der Waals surface area contributed by atoms with Gasteiger partial charge in [-0.1, -0.05) is 42.9 Å². The molecule has 0 fully saturated rings. The van der Waals surface area contributed by atoms with Crippen LogP contribution < -0.4 is 4.90 Å². The normalized spacial score (nSPS) is 15.4. The van der Waals surface area contributed by atoms with Crippen molar-refractivity contribution in [3.8, 4) is 0 Å². The van der Waals surface area contributed by atoms with Crippen LogP contribution in [0.3, 0.4) is 0 Å². The van der Waals surface area contributed by atoms with E-state index in [-0.39, 0.29) is 6.10 Å². The molecule has 0 bridgehead atoms. The third-order valence-electron chi connectivity index (χ3n) is 3.42. The molecule has 0 spiro atoms. The van der Waals surface area contributed by atoms with Crippen molar-refractivity contribution in [1.29, 1.82) is 0 Å². The maximum atomic E-state index is 5.70. The van der Waals surface area contributed by atoms with Gasteiger partial charge in [0, 0.05) is 32.8 Å². The minimum Gasteiger partial charge on any atom is -0.378 e. The van der Waals surface area contributed by atoms with Crippen molar-refractivity contribution in [1.82, 2.24) is 0 Å². The molecule has 0 aliphatic carbocycles. The summed E-state index contributed by atoms with van der Waals surface area (Å²) in [4.78, 5) is 2.10. The van der Waals surface area contributed by atoms with Crippen LogP contribution in [-0.4, -0.2) is 21.2 Å². The molecule has 0 amide bonds. The summed E-state index contributed by atoms with van der Waals surface area (Å²) in [6, 6.07) is 8.57. The fraction of sp³-hybridized carbons (Fsp3) is 0.444. The lowest BCUT2D eigenvalue weighted by Gasteiger charge is -2.22. The topological polar surface area (TPSA) is 12.5 Å². The predicted molar refractivity (Wildman–Crippen MR) is 88.3 cm³/mol. The van der Waals surface area contributed by atoms with Crippen molar-refractivity contribution in [2.45, 2.75) is 26.9 Å². The zero-order valence-electron chi connectivity index (χ0n) is 13.6. The lowest BCUT2D eigenvalue weighted by molar-refractivity contribution is 0.0740. The van der Waals surface area contributed by atoms with Crippen LogP contribution in [0.5, 0.6) is 0 Å². The van der Waals surface area contributed by atoms with Crippen LogP contribution in [0.15, 0.2) is 48.1 Å². The van der Waals surface area contributed by atoms with Gasteiger partial charge in [0.05, 0.1) is 6.10 Å². The molecule has 2 nitrogen and oxygen atoms in total. The number of benzene rings is 1. The van der Waals surface area contributed by atoms with Crippen molar-refractivity contribution in [3.63, 3.8) is 0 Å². The Balaban J connectivity index is 2.92. The van der Waals surface area contributed by atoms with Crippen LogP contribution >= 0.6 is 0 Å². The first-order valence-electron chi connectivity index (χ1n) is 7.10. The molecule has 2 heteroatoms. The second kappa shape index (κ2) is 7.91. The van der Waals surface area contributed by atoms with Gasteiger partial charge in [-0.05, 0) is 31.5 Å². The van der Waals surface area contributed by atoms with E-state index in [1.807, 2.05) is 6.92 Å². The van der Waals surface area contributed by atoms with Crippen molar-refractivity contribution >= 4 is 5.69 Å². The van der Waals surface area contributed by atoms with E-state index in [1.165, 1.54) is 16.8 Å². The highest BCUT2D eigenvalue weighted by atomic mass is 16.5. The van der Waals surface area contributed by atoms with Crippen LogP contribution in [0.25, 0.3) is 0 Å². The van der Waals surface area contributed by atoms with E-state index >= 15 is 0 Å². The summed E-state index contributed by atoms with van der Waals surface area (Å²) in [5.74, 6) is 0.335. The molecular formula is C18H27NO. The highest BCUT2D eigenvalue weighted by Crippen LogP contribution is 2.28. The number of hydrogen-bond acceptors (Lipinski definition) is 2. The lowest BCUT2D eigenvalue weighted by atomic mass is 9.95. The van der Waals surface area contributed by atoms with Gasteiger partial charge in [0.1, 0.15) is 0 Å². The molecule has 0 heterocycles. The molecule has 0 aliphatic heterocycles. The molecule has 0 aromatic heterocycles. The molecule has 0 saturated heterocycles. The summed E-state index contributed by atoms with van der Waals surface area (Å²) in [5.41, 5.74) is 3.69. The Hall–Kier alpha value is -1.54. The molecule has 1 unspecified atom stereocenters. The number of anilines is 1. The molecule has 0 saturated carbocycles. The standard InChI is InChI=1S/C18H27NO/c1-7-8-14(2)13-15(3)18(20-6)16-9-11-17(12-10-16)19(4)5/h7-13,15,18H,1-6H3/b8-7+,14-13+/t15-,18?/m1/s1. The van der Waals surface area contributed by atoms with E-state index < -0.39 is 0 Å². The lowest BCUT2D eigenvalue weighted by Crippen LogP contribution is -2.12. The van der Waals surface area contributed by atoms with E-state index in [4.69, 9.17) is 4.74 Å². The van der Waals surface area contributed by atoms with Gasteiger partial charge in [0.2, 0.25) is 0 Å². The SMILES string of the molecule is C/C=C/C(C)=C/[C@@H](C)C(OC)c1ccc(N(C)C)cc1. The van der Waals surface area contributed by atoms with Crippen molar-refractivity contribution in [3.05, 3.63) is 53.6 Å². The van der Waals surface area contributed by atoms with E-state index in [0.717, 1.165) is 0 Å². The third kappa shape index (κ3) is 4.53. The molecule has 2 atom stereocenters. The number of methoxy groups -OCH3 is 1. The summed E-state index contributed by atoms with van der Waals surface area (Å²) in [6.07, 6.45) is 6.53. The van der Waals surface area contributed by atoms with Crippen LogP contribution in [0.1, 0.15) is 32.4 Å². The average Bonchev–Trinajstić information content (AvgIpc) is 2.40. The highest BCUT2D eigenvalue weighted by molar-refractivity contribution is 5.46. The summed E-state index contributed by atoms with van der Waals surface area (Å²) in [7, 11) is 5.88. The van der Waals surface area contributed by atoms with Gasteiger partial charge in [0.25, 0.3) is 0 Å². The Kier molecular flexibility index (Phi) is 6.53. The first-order valence-corrected chi connectivity index (χ1v) is 7.10. The van der Waals surface area contributed by atoms with E-state index in [2.05, 4.69) is 75.3 Å². The molecule has 0 radical (unpaired) electrons. The molecule has 0 N–H and O–H groups in total. The molecule has 1 aromatic rings. The minimum absolute atomic E-state index is 0.0893. The molecule has 20 heavy (non-hydrogen) atoms. The zero-order valence-corrected chi connectivity index (χ0v) is 13.6. The maximum Gasteiger partial charge on any atom is 0.0881 e. The Morgan fingerprint density at radius 3 is 2.25 bits per heavy atom. The van der Waals surface area contributed by atoms with Gasteiger partial charge in [-0.3, -0.25) is 0 Å². The Bertz CT molecular complexity index is 457. The van der Waals surface area contributed by atoms with Gasteiger partial charge >= 0.3 is 0 Å². The summed E-state index contributed by atoms with van der Waals surface area (Å²) >= 11 is 0. The van der Waals surface area contributed by atoms with Gasteiger partial charge < -0.3 is 9.64 Å². The van der Waals surface area contributed by atoms with Crippen LogP contribution in [0, 0.1) is 5.92 Å². The Morgan fingerprint density at radius 1 is 1.20 bits per heavy atom. The number of rotatable bonds is 6. The van der Waals surface area contributed by atoms with E-state index in [9.17, 15) is 0 Å².